The minimum atomic E-state index is 0.0853. The molecule has 7 heteroatoms. The Morgan fingerprint density at radius 2 is 2.31 bits per heavy atom. The molecule has 2 heterocycles. The van der Waals surface area contributed by atoms with Crippen LogP contribution in [0.2, 0.25) is 0 Å². The number of aromatic amines is 1. The highest BCUT2D eigenvalue weighted by atomic mass is 16.2. The standard InChI is InChI=1S/C9H16N6O/c10-9-7(5-13-14-9)12-6-8(16)15-3-1-11-2-4-15/h5,11-12H,1-4,6H2,(H3,10,13,14). The normalized spacial score (nSPS) is 16.1. The number of anilines is 2. The Labute approximate surface area is 93.4 Å². The number of piperazine rings is 1. The average Bonchev–Trinajstić information content (AvgIpc) is 2.73. The van der Waals surface area contributed by atoms with Crippen LogP contribution in [-0.4, -0.2) is 53.7 Å². The highest BCUT2D eigenvalue weighted by molar-refractivity contribution is 5.81. The van der Waals surface area contributed by atoms with Crippen molar-refractivity contribution in [3.8, 4) is 0 Å². The number of carbonyl (C=O) groups excluding carboxylic acids is 1. The lowest BCUT2D eigenvalue weighted by atomic mass is 10.3. The maximum atomic E-state index is 11.8. The van der Waals surface area contributed by atoms with Crippen molar-refractivity contribution in [3.63, 3.8) is 0 Å². The van der Waals surface area contributed by atoms with Crippen molar-refractivity contribution in [1.82, 2.24) is 20.4 Å². The number of carbonyl (C=O) groups is 1. The Morgan fingerprint density at radius 1 is 1.56 bits per heavy atom. The quantitative estimate of drug-likeness (QED) is 0.519. The van der Waals surface area contributed by atoms with Gasteiger partial charge in [0.1, 0.15) is 5.82 Å². The molecular formula is C9H16N6O. The Bertz CT molecular complexity index is 357. The molecule has 0 aliphatic carbocycles. The van der Waals surface area contributed by atoms with E-state index in [0.29, 0.717) is 11.5 Å². The van der Waals surface area contributed by atoms with E-state index in [2.05, 4.69) is 20.8 Å². The fourth-order valence-electron chi connectivity index (χ4n) is 1.63. The van der Waals surface area contributed by atoms with Crippen molar-refractivity contribution >= 4 is 17.4 Å². The molecule has 1 aromatic rings. The van der Waals surface area contributed by atoms with E-state index in [9.17, 15) is 4.79 Å². The van der Waals surface area contributed by atoms with Crippen molar-refractivity contribution in [2.75, 3.05) is 43.8 Å². The van der Waals surface area contributed by atoms with E-state index < -0.39 is 0 Å². The maximum absolute atomic E-state index is 11.8. The van der Waals surface area contributed by atoms with Gasteiger partial charge in [-0.15, -0.1) is 0 Å². The van der Waals surface area contributed by atoms with Gasteiger partial charge in [0, 0.05) is 26.2 Å². The third-order valence-corrected chi connectivity index (χ3v) is 2.57. The zero-order valence-corrected chi connectivity index (χ0v) is 8.99. The lowest BCUT2D eigenvalue weighted by Crippen LogP contribution is -2.48. The van der Waals surface area contributed by atoms with E-state index in [-0.39, 0.29) is 12.5 Å². The van der Waals surface area contributed by atoms with Gasteiger partial charge in [-0.2, -0.15) is 5.10 Å². The lowest BCUT2D eigenvalue weighted by Gasteiger charge is -2.27. The van der Waals surface area contributed by atoms with Crippen LogP contribution in [0, 0.1) is 0 Å². The molecule has 0 spiro atoms. The van der Waals surface area contributed by atoms with Crippen LogP contribution >= 0.6 is 0 Å². The lowest BCUT2D eigenvalue weighted by molar-refractivity contribution is -0.129. The molecule has 1 amide bonds. The van der Waals surface area contributed by atoms with Gasteiger partial charge in [0.05, 0.1) is 18.4 Å². The van der Waals surface area contributed by atoms with Gasteiger partial charge in [-0.25, -0.2) is 0 Å². The first-order valence-electron chi connectivity index (χ1n) is 5.28. The van der Waals surface area contributed by atoms with Crippen molar-refractivity contribution in [1.29, 1.82) is 0 Å². The summed E-state index contributed by atoms with van der Waals surface area (Å²) >= 11 is 0. The molecule has 0 bridgehead atoms. The van der Waals surface area contributed by atoms with Gasteiger partial charge >= 0.3 is 0 Å². The smallest absolute Gasteiger partial charge is 0.241 e. The van der Waals surface area contributed by atoms with Crippen LogP contribution in [-0.2, 0) is 4.79 Å². The number of nitrogens with one attached hydrogen (secondary N) is 3. The predicted octanol–water partition coefficient (Wildman–Crippen LogP) is -1.16. The number of aromatic nitrogens is 2. The van der Waals surface area contributed by atoms with Gasteiger partial charge in [-0.05, 0) is 0 Å². The Morgan fingerprint density at radius 3 is 2.94 bits per heavy atom. The zero-order valence-electron chi connectivity index (χ0n) is 8.99. The fraction of sp³-hybridized carbons (Fsp3) is 0.556. The predicted molar refractivity (Wildman–Crippen MR) is 60.9 cm³/mol. The van der Waals surface area contributed by atoms with Gasteiger partial charge in [0.25, 0.3) is 0 Å². The second-order valence-corrected chi connectivity index (χ2v) is 3.68. The van der Waals surface area contributed by atoms with Gasteiger partial charge in [-0.3, -0.25) is 9.89 Å². The molecule has 16 heavy (non-hydrogen) atoms. The molecule has 1 aliphatic heterocycles. The van der Waals surface area contributed by atoms with Crippen molar-refractivity contribution in [2.45, 2.75) is 0 Å². The van der Waals surface area contributed by atoms with Crippen LogP contribution in [0.1, 0.15) is 0 Å². The number of nitrogens with two attached hydrogens (primary N) is 1. The molecule has 5 N–H and O–H groups in total. The van der Waals surface area contributed by atoms with E-state index in [1.165, 1.54) is 0 Å². The minimum Gasteiger partial charge on any atom is -0.382 e. The third kappa shape index (κ3) is 2.43. The number of hydrogen-bond acceptors (Lipinski definition) is 5. The Balaban J connectivity index is 1.81. The summed E-state index contributed by atoms with van der Waals surface area (Å²) in [6.07, 6.45) is 1.57. The SMILES string of the molecule is Nc1[nH]ncc1NCC(=O)N1CCNCC1. The first kappa shape index (κ1) is 10.7. The van der Waals surface area contributed by atoms with Crippen LogP contribution < -0.4 is 16.4 Å². The van der Waals surface area contributed by atoms with Gasteiger partial charge < -0.3 is 21.3 Å². The number of nitrogens with zero attached hydrogens (tertiary/aromatic N) is 2. The molecule has 0 unspecified atom stereocenters. The second-order valence-electron chi connectivity index (χ2n) is 3.68. The molecular weight excluding hydrogens is 208 g/mol. The molecule has 0 radical (unpaired) electrons. The van der Waals surface area contributed by atoms with Crippen molar-refractivity contribution in [3.05, 3.63) is 6.20 Å². The number of hydrogen-bond donors (Lipinski definition) is 4. The van der Waals surface area contributed by atoms with E-state index in [1.54, 1.807) is 6.20 Å². The summed E-state index contributed by atoms with van der Waals surface area (Å²) in [6.45, 7) is 3.51. The first-order chi connectivity index (χ1) is 7.77. The van der Waals surface area contributed by atoms with Crippen LogP contribution in [0.25, 0.3) is 0 Å². The molecule has 1 aliphatic rings. The van der Waals surface area contributed by atoms with Crippen LogP contribution in [0.3, 0.4) is 0 Å². The molecule has 1 fully saturated rings. The zero-order chi connectivity index (χ0) is 11.4. The van der Waals surface area contributed by atoms with Crippen LogP contribution in [0.15, 0.2) is 6.20 Å². The van der Waals surface area contributed by atoms with Crippen LogP contribution in [0.4, 0.5) is 11.5 Å². The summed E-state index contributed by atoms with van der Waals surface area (Å²) in [5.74, 6) is 0.537. The molecule has 7 nitrogen and oxygen atoms in total. The van der Waals surface area contributed by atoms with Gasteiger partial charge in [0.15, 0.2) is 0 Å². The monoisotopic (exact) mass is 224 g/mol. The van der Waals surface area contributed by atoms with E-state index >= 15 is 0 Å². The number of rotatable bonds is 3. The molecule has 0 aromatic carbocycles. The molecule has 0 saturated carbocycles. The summed E-state index contributed by atoms with van der Waals surface area (Å²) in [4.78, 5) is 13.6. The fourth-order valence-corrected chi connectivity index (χ4v) is 1.63. The average molecular weight is 224 g/mol. The summed E-state index contributed by atoms with van der Waals surface area (Å²) in [7, 11) is 0. The second kappa shape index (κ2) is 4.84. The van der Waals surface area contributed by atoms with E-state index in [1.807, 2.05) is 4.90 Å². The highest BCUT2D eigenvalue weighted by Gasteiger charge is 2.15. The molecule has 0 atom stereocenters. The molecule has 1 aromatic heterocycles. The highest BCUT2D eigenvalue weighted by Crippen LogP contribution is 2.12. The van der Waals surface area contributed by atoms with Gasteiger partial charge in [-0.1, -0.05) is 0 Å². The summed E-state index contributed by atoms with van der Waals surface area (Å²) in [5, 5.41) is 12.5. The van der Waals surface area contributed by atoms with Crippen LogP contribution in [0.5, 0.6) is 0 Å². The van der Waals surface area contributed by atoms with Crippen molar-refractivity contribution in [2.24, 2.45) is 0 Å². The first-order valence-corrected chi connectivity index (χ1v) is 5.28. The molecule has 1 saturated heterocycles. The largest absolute Gasteiger partial charge is 0.382 e. The Hall–Kier alpha value is -1.76. The minimum absolute atomic E-state index is 0.0853. The number of amides is 1. The summed E-state index contributed by atoms with van der Waals surface area (Å²) < 4.78 is 0. The topological polar surface area (TPSA) is 99.1 Å². The molecule has 2 rings (SSSR count). The number of H-pyrrole nitrogens is 1. The van der Waals surface area contributed by atoms with E-state index in [4.69, 9.17) is 5.73 Å². The van der Waals surface area contributed by atoms with Gasteiger partial charge in [0.2, 0.25) is 5.91 Å². The van der Waals surface area contributed by atoms with Crippen molar-refractivity contribution < 1.29 is 4.79 Å². The summed E-state index contributed by atoms with van der Waals surface area (Å²) in [6, 6.07) is 0. The van der Waals surface area contributed by atoms with E-state index in [0.717, 1.165) is 26.2 Å². The summed E-state index contributed by atoms with van der Waals surface area (Å²) in [5.41, 5.74) is 6.26. The molecule has 88 valence electrons. The number of nitrogen functional groups attached to an aromatic ring is 1. The maximum Gasteiger partial charge on any atom is 0.241 e. The Kier molecular flexibility index (Phi) is 3.25. The third-order valence-electron chi connectivity index (χ3n) is 2.57.